The SMILES string of the molecule is CCC[C@H]([NH3+])C(N)=O. The van der Waals surface area contributed by atoms with Crippen LogP contribution in [0.1, 0.15) is 19.8 Å². The normalized spacial score (nSPS) is 13.2. The molecule has 0 aliphatic carbocycles. The van der Waals surface area contributed by atoms with Crippen LogP contribution in [0.4, 0.5) is 0 Å². The molecule has 48 valence electrons. The van der Waals surface area contributed by atoms with E-state index in [9.17, 15) is 4.79 Å². The third kappa shape index (κ3) is 2.58. The van der Waals surface area contributed by atoms with Crippen LogP contribution in [0.5, 0.6) is 0 Å². The highest BCUT2D eigenvalue weighted by Crippen LogP contribution is 1.87. The molecule has 0 spiro atoms. The Morgan fingerprint density at radius 1 is 1.88 bits per heavy atom. The fourth-order valence-corrected chi connectivity index (χ4v) is 0.491. The molecule has 0 heterocycles. The van der Waals surface area contributed by atoms with E-state index >= 15 is 0 Å². The van der Waals surface area contributed by atoms with Crippen molar-refractivity contribution in [2.75, 3.05) is 0 Å². The standard InChI is InChI=1S/C5H12N2O/c1-2-3-4(6)5(7)8/h4H,2-3,6H2,1H3,(H2,7,8)/p+1/t4-/m0/s1. The van der Waals surface area contributed by atoms with Gasteiger partial charge in [-0.15, -0.1) is 0 Å². The molecule has 0 aromatic carbocycles. The predicted octanol–water partition coefficient (Wildman–Crippen LogP) is -1.12. The predicted molar refractivity (Wildman–Crippen MR) is 30.8 cm³/mol. The fourth-order valence-electron chi connectivity index (χ4n) is 0.491. The Bertz CT molecular complexity index is 82.5. The zero-order valence-electron chi connectivity index (χ0n) is 5.18. The number of nitrogens with two attached hydrogens (primary N) is 1. The van der Waals surface area contributed by atoms with Crippen molar-refractivity contribution in [3.8, 4) is 0 Å². The molecule has 3 nitrogen and oxygen atoms in total. The van der Waals surface area contributed by atoms with Crippen LogP contribution in [-0.2, 0) is 4.79 Å². The third-order valence-corrected chi connectivity index (χ3v) is 1.04. The van der Waals surface area contributed by atoms with Gasteiger partial charge in [0.2, 0.25) is 0 Å². The molecule has 1 atom stereocenters. The van der Waals surface area contributed by atoms with Crippen LogP contribution < -0.4 is 11.5 Å². The molecule has 0 fully saturated rings. The zero-order chi connectivity index (χ0) is 6.57. The van der Waals surface area contributed by atoms with Gasteiger partial charge in [-0.3, -0.25) is 4.79 Å². The zero-order valence-corrected chi connectivity index (χ0v) is 5.18. The summed E-state index contributed by atoms with van der Waals surface area (Å²) in [5, 5.41) is 0. The molecule has 0 unspecified atom stereocenters. The van der Waals surface area contributed by atoms with E-state index in [1.54, 1.807) is 0 Å². The van der Waals surface area contributed by atoms with Gasteiger partial charge >= 0.3 is 0 Å². The van der Waals surface area contributed by atoms with Crippen LogP contribution >= 0.6 is 0 Å². The van der Waals surface area contributed by atoms with Gasteiger partial charge in [0.1, 0.15) is 0 Å². The molecule has 0 rings (SSSR count). The average Bonchev–Trinajstić information content (AvgIpc) is 1.67. The first-order valence-electron chi connectivity index (χ1n) is 2.81. The van der Waals surface area contributed by atoms with Crippen molar-refractivity contribution in [1.29, 1.82) is 0 Å². The van der Waals surface area contributed by atoms with Crippen molar-refractivity contribution in [3.63, 3.8) is 0 Å². The number of hydrogen-bond acceptors (Lipinski definition) is 1. The summed E-state index contributed by atoms with van der Waals surface area (Å²) in [5.41, 5.74) is 8.47. The van der Waals surface area contributed by atoms with Crippen molar-refractivity contribution < 1.29 is 10.5 Å². The number of rotatable bonds is 3. The second-order valence-corrected chi connectivity index (χ2v) is 1.89. The highest BCUT2D eigenvalue weighted by atomic mass is 16.1. The summed E-state index contributed by atoms with van der Waals surface area (Å²) in [6, 6.07) is -0.194. The van der Waals surface area contributed by atoms with Crippen molar-refractivity contribution in [3.05, 3.63) is 0 Å². The number of primary amides is 1. The lowest BCUT2D eigenvalue weighted by Crippen LogP contribution is -2.66. The van der Waals surface area contributed by atoms with Crippen LogP contribution in [0.2, 0.25) is 0 Å². The highest BCUT2D eigenvalue weighted by Gasteiger charge is 2.09. The molecular weight excluding hydrogens is 104 g/mol. The molecule has 8 heavy (non-hydrogen) atoms. The number of carbonyl (C=O) groups is 1. The third-order valence-electron chi connectivity index (χ3n) is 1.04. The van der Waals surface area contributed by atoms with E-state index < -0.39 is 0 Å². The van der Waals surface area contributed by atoms with E-state index in [1.165, 1.54) is 0 Å². The summed E-state index contributed by atoms with van der Waals surface area (Å²) in [6.45, 7) is 2.00. The van der Waals surface area contributed by atoms with Crippen LogP contribution in [0.25, 0.3) is 0 Å². The van der Waals surface area contributed by atoms with Crippen molar-refractivity contribution in [1.82, 2.24) is 0 Å². The van der Waals surface area contributed by atoms with Crippen LogP contribution in [0.15, 0.2) is 0 Å². The molecule has 0 aromatic rings. The Hall–Kier alpha value is -0.570. The number of carbonyl (C=O) groups excluding carboxylic acids is 1. The monoisotopic (exact) mass is 117 g/mol. The van der Waals surface area contributed by atoms with Gasteiger partial charge in [-0.05, 0) is 6.42 Å². The summed E-state index contributed by atoms with van der Waals surface area (Å²) >= 11 is 0. The molecule has 1 amide bonds. The van der Waals surface area contributed by atoms with Gasteiger partial charge in [0, 0.05) is 6.42 Å². The molecule has 0 saturated heterocycles. The second kappa shape index (κ2) is 3.43. The van der Waals surface area contributed by atoms with Crippen LogP contribution in [-0.4, -0.2) is 11.9 Å². The van der Waals surface area contributed by atoms with E-state index in [1.807, 2.05) is 6.92 Å². The molecule has 5 N–H and O–H groups in total. The summed E-state index contributed by atoms with van der Waals surface area (Å²) < 4.78 is 0. The molecule has 3 heteroatoms. The van der Waals surface area contributed by atoms with E-state index in [4.69, 9.17) is 5.73 Å². The molecule has 0 bridgehead atoms. The van der Waals surface area contributed by atoms with Gasteiger partial charge in [-0.1, -0.05) is 6.92 Å². The molecular formula is C5H13N2O+. The van der Waals surface area contributed by atoms with E-state index in [-0.39, 0.29) is 11.9 Å². The first-order valence-corrected chi connectivity index (χ1v) is 2.81. The molecule has 0 aromatic heterocycles. The number of amides is 1. The smallest absolute Gasteiger partial charge is 0.275 e. The number of hydrogen-bond donors (Lipinski definition) is 2. The van der Waals surface area contributed by atoms with Gasteiger partial charge < -0.3 is 11.5 Å². The van der Waals surface area contributed by atoms with Gasteiger partial charge in [0.15, 0.2) is 6.04 Å². The maximum atomic E-state index is 10.2. The largest absolute Gasteiger partial charge is 0.365 e. The minimum absolute atomic E-state index is 0.194. The average molecular weight is 117 g/mol. The van der Waals surface area contributed by atoms with Crippen molar-refractivity contribution in [2.45, 2.75) is 25.8 Å². The van der Waals surface area contributed by atoms with Crippen molar-refractivity contribution in [2.24, 2.45) is 5.73 Å². The lowest BCUT2D eigenvalue weighted by atomic mass is 10.2. The van der Waals surface area contributed by atoms with E-state index in [2.05, 4.69) is 5.73 Å². The van der Waals surface area contributed by atoms with E-state index in [0.717, 1.165) is 12.8 Å². The summed E-state index contributed by atoms with van der Waals surface area (Å²) in [4.78, 5) is 10.2. The Kier molecular flexibility index (Phi) is 3.19. The Morgan fingerprint density at radius 3 is 2.50 bits per heavy atom. The van der Waals surface area contributed by atoms with Gasteiger partial charge in [0.25, 0.3) is 5.91 Å². The molecule has 0 saturated carbocycles. The molecule has 0 aliphatic heterocycles. The minimum Gasteiger partial charge on any atom is -0.365 e. The first-order chi connectivity index (χ1) is 3.68. The Labute approximate surface area is 49.0 Å². The van der Waals surface area contributed by atoms with Gasteiger partial charge in [0.05, 0.1) is 0 Å². The molecule has 0 aliphatic rings. The van der Waals surface area contributed by atoms with Gasteiger partial charge in [-0.2, -0.15) is 0 Å². The molecule has 0 radical (unpaired) electrons. The summed E-state index contributed by atoms with van der Waals surface area (Å²) in [5.74, 6) is -0.299. The van der Waals surface area contributed by atoms with Crippen LogP contribution in [0, 0.1) is 0 Å². The van der Waals surface area contributed by atoms with Crippen molar-refractivity contribution >= 4 is 5.91 Å². The highest BCUT2D eigenvalue weighted by molar-refractivity contribution is 5.77. The minimum atomic E-state index is -0.299. The second-order valence-electron chi connectivity index (χ2n) is 1.89. The maximum Gasteiger partial charge on any atom is 0.275 e. The fraction of sp³-hybridized carbons (Fsp3) is 0.800. The topological polar surface area (TPSA) is 70.7 Å². The first kappa shape index (κ1) is 7.43. The van der Waals surface area contributed by atoms with Crippen LogP contribution in [0.3, 0.4) is 0 Å². The lowest BCUT2D eigenvalue weighted by Gasteiger charge is -1.98. The Balaban J connectivity index is 3.32. The maximum absolute atomic E-state index is 10.2. The quantitative estimate of drug-likeness (QED) is 0.483. The Morgan fingerprint density at radius 2 is 2.38 bits per heavy atom. The number of quaternary nitrogens is 1. The summed E-state index contributed by atoms with van der Waals surface area (Å²) in [6.07, 6.45) is 1.77. The lowest BCUT2D eigenvalue weighted by molar-refractivity contribution is -0.404. The summed E-state index contributed by atoms with van der Waals surface area (Å²) in [7, 11) is 0. The van der Waals surface area contributed by atoms with E-state index in [0.29, 0.717) is 0 Å². The van der Waals surface area contributed by atoms with Gasteiger partial charge in [-0.25, -0.2) is 0 Å².